The summed E-state index contributed by atoms with van der Waals surface area (Å²) in [5, 5.41) is 2.84. The van der Waals surface area contributed by atoms with E-state index in [4.69, 9.17) is 11.6 Å². The number of nitrogens with one attached hydrogen (secondary N) is 1. The van der Waals surface area contributed by atoms with E-state index < -0.39 is 11.7 Å². The number of halogens is 2. The number of hydrogen-bond donors (Lipinski definition) is 1. The Morgan fingerprint density at radius 2 is 2.00 bits per heavy atom. The predicted octanol–water partition coefficient (Wildman–Crippen LogP) is 3.68. The van der Waals surface area contributed by atoms with Gasteiger partial charge in [0.15, 0.2) is 0 Å². The molecule has 0 aliphatic heterocycles. The van der Waals surface area contributed by atoms with Crippen molar-refractivity contribution in [3.05, 3.63) is 56.2 Å². The summed E-state index contributed by atoms with van der Waals surface area (Å²) in [5.74, 6) is -1.22. The van der Waals surface area contributed by atoms with Gasteiger partial charge < -0.3 is 10.2 Å². The van der Waals surface area contributed by atoms with Crippen LogP contribution in [0.15, 0.2) is 29.3 Å². The van der Waals surface area contributed by atoms with E-state index in [1.807, 2.05) is 13.8 Å². The maximum atomic E-state index is 13.3. The third-order valence-electron chi connectivity index (χ3n) is 4.72. The van der Waals surface area contributed by atoms with Crippen LogP contribution in [-0.4, -0.2) is 39.4 Å². The first-order valence-corrected chi connectivity index (χ1v) is 10.5. The van der Waals surface area contributed by atoms with E-state index in [9.17, 15) is 18.8 Å². The lowest BCUT2D eigenvalue weighted by Gasteiger charge is -2.18. The monoisotopic (exact) mass is 450 g/mol. The molecule has 0 saturated heterocycles. The Morgan fingerprint density at radius 3 is 2.63 bits per heavy atom. The number of anilines is 1. The smallest absolute Gasteiger partial charge is 0.266 e. The molecular weight excluding hydrogens is 431 g/mol. The van der Waals surface area contributed by atoms with E-state index in [1.165, 1.54) is 23.0 Å². The van der Waals surface area contributed by atoms with Crippen LogP contribution in [0, 0.1) is 12.7 Å². The highest BCUT2D eigenvalue weighted by Gasteiger charge is 2.21. The van der Waals surface area contributed by atoms with Crippen LogP contribution in [0.25, 0.3) is 10.2 Å². The van der Waals surface area contributed by atoms with Gasteiger partial charge in [-0.2, -0.15) is 0 Å². The summed E-state index contributed by atoms with van der Waals surface area (Å²) in [6, 6.07) is 3.86. The molecule has 0 aliphatic rings. The Bertz CT molecular complexity index is 1190. The third kappa shape index (κ3) is 4.22. The lowest BCUT2D eigenvalue weighted by molar-refractivity contribution is -0.131. The average molecular weight is 451 g/mol. The second-order valence-electron chi connectivity index (χ2n) is 6.56. The van der Waals surface area contributed by atoms with Gasteiger partial charge in [-0.05, 0) is 44.5 Å². The van der Waals surface area contributed by atoms with Gasteiger partial charge in [-0.25, -0.2) is 9.37 Å². The van der Waals surface area contributed by atoms with Gasteiger partial charge in [0.05, 0.1) is 21.6 Å². The molecule has 0 unspecified atom stereocenters. The van der Waals surface area contributed by atoms with Crippen molar-refractivity contribution < 1.29 is 14.0 Å². The number of benzene rings is 1. The molecule has 2 amide bonds. The quantitative estimate of drug-likeness (QED) is 0.620. The van der Waals surface area contributed by atoms with Gasteiger partial charge in [0, 0.05) is 18.8 Å². The molecule has 1 aromatic carbocycles. The second kappa shape index (κ2) is 8.93. The minimum absolute atomic E-state index is 0.108. The van der Waals surface area contributed by atoms with Gasteiger partial charge in [-0.15, -0.1) is 11.3 Å². The summed E-state index contributed by atoms with van der Waals surface area (Å²) >= 11 is 6.83. The van der Waals surface area contributed by atoms with Crippen LogP contribution in [0.2, 0.25) is 5.02 Å². The van der Waals surface area contributed by atoms with E-state index in [0.29, 0.717) is 39.4 Å². The first-order valence-electron chi connectivity index (χ1n) is 9.29. The molecule has 7 nitrogen and oxygen atoms in total. The molecule has 0 atom stereocenters. The Balaban J connectivity index is 1.92. The SMILES string of the molecule is CCN(CC)C(=O)Cn1cnc2sc(C(=O)Nc3ccc(F)c(Cl)c3)c(C)c2c1=O. The molecule has 0 spiro atoms. The lowest BCUT2D eigenvalue weighted by atomic mass is 10.2. The van der Waals surface area contributed by atoms with E-state index in [1.54, 1.807) is 11.8 Å². The van der Waals surface area contributed by atoms with Crippen LogP contribution in [0.5, 0.6) is 0 Å². The van der Waals surface area contributed by atoms with Crippen molar-refractivity contribution in [3.8, 4) is 0 Å². The third-order valence-corrected chi connectivity index (χ3v) is 6.21. The molecule has 10 heteroatoms. The van der Waals surface area contributed by atoms with Crippen molar-refractivity contribution in [3.63, 3.8) is 0 Å². The zero-order chi connectivity index (χ0) is 22.0. The second-order valence-corrected chi connectivity index (χ2v) is 7.97. The molecule has 0 saturated carbocycles. The van der Waals surface area contributed by atoms with Crippen LogP contribution >= 0.6 is 22.9 Å². The fourth-order valence-electron chi connectivity index (χ4n) is 3.07. The molecule has 3 aromatic rings. The number of thiophene rings is 1. The molecule has 0 aliphatic carbocycles. The Kier molecular flexibility index (Phi) is 6.52. The molecule has 3 rings (SSSR count). The Hall–Kier alpha value is -2.78. The van der Waals surface area contributed by atoms with Gasteiger partial charge >= 0.3 is 0 Å². The summed E-state index contributed by atoms with van der Waals surface area (Å²) < 4.78 is 14.6. The van der Waals surface area contributed by atoms with Gasteiger partial charge in [0.25, 0.3) is 11.5 Å². The maximum Gasteiger partial charge on any atom is 0.266 e. The zero-order valence-electron chi connectivity index (χ0n) is 16.7. The Labute approximate surface area is 181 Å². The fourth-order valence-corrected chi connectivity index (χ4v) is 4.29. The zero-order valence-corrected chi connectivity index (χ0v) is 18.2. The minimum atomic E-state index is -0.586. The van der Waals surface area contributed by atoms with Crippen molar-refractivity contribution in [2.45, 2.75) is 27.3 Å². The first kappa shape index (κ1) is 21.9. The van der Waals surface area contributed by atoms with Crippen molar-refractivity contribution in [2.75, 3.05) is 18.4 Å². The first-order chi connectivity index (χ1) is 14.3. The topological polar surface area (TPSA) is 84.3 Å². The van der Waals surface area contributed by atoms with Crippen molar-refractivity contribution >= 4 is 50.7 Å². The summed E-state index contributed by atoms with van der Waals surface area (Å²) in [5.41, 5.74) is 0.430. The lowest BCUT2D eigenvalue weighted by Crippen LogP contribution is -2.36. The molecule has 2 heterocycles. The number of amides is 2. The molecule has 0 radical (unpaired) electrons. The number of aryl methyl sites for hydroxylation is 1. The van der Waals surface area contributed by atoms with Crippen LogP contribution < -0.4 is 10.9 Å². The summed E-state index contributed by atoms with van der Waals surface area (Å²) in [6.07, 6.45) is 1.32. The molecule has 30 heavy (non-hydrogen) atoms. The van der Waals surface area contributed by atoms with E-state index in [-0.39, 0.29) is 23.0 Å². The summed E-state index contributed by atoms with van der Waals surface area (Å²) in [4.78, 5) is 44.6. The van der Waals surface area contributed by atoms with Crippen LogP contribution in [-0.2, 0) is 11.3 Å². The normalized spacial score (nSPS) is 11.0. The van der Waals surface area contributed by atoms with E-state index >= 15 is 0 Å². The van der Waals surface area contributed by atoms with Crippen molar-refractivity contribution in [1.82, 2.24) is 14.5 Å². The van der Waals surface area contributed by atoms with Crippen LogP contribution in [0.1, 0.15) is 29.1 Å². The van der Waals surface area contributed by atoms with Crippen LogP contribution in [0.3, 0.4) is 0 Å². The Morgan fingerprint density at radius 1 is 1.30 bits per heavy atom. The number of hydrogen-bond acceptors (Lipinski definition) is 5. The van der Waals surface area contributed by atoms with Crippen LogP contribution in [0.4, 0.5) is 10.1 Å². The molecule has 1 N–H and O–H groups in total. The molecule has 0 bridgehead atoms. The van der Waals surface area contributed by atoms with E-state index in [2.05, 4.69) is 10.3 Å². The standard InChI is InChI=1S/C20H20ClFN4O3S/c1-4-25(5-2)15(27)9-26-10-23-19-16(20(26)29)11(3)17(30-19)18(28)24-12-6-7-14(22)13(21)8-12/h6-8,10H,4-5,9H2,1-3H3,(H,24,28). The number of likely N-dealkylation sites (N-methyl/N-ethyl adjacent to an activating group) is 1. The van der Waals surface area contributed by atoms with Gasteiger partial charge in [0.2, 0.25) is 5.91 Å². The highest BCUT2D eigenvalue weighted by atomic mass is 35.5. The fraction of sp³-hybridized carbons (Fsp3) is 0.300. The highest BCUT2D eigenvalue weighted by molar-refractivity contribution is 7.20. The number of carbonyl (C=O) groups is 2. The highest BCUT2D eigenvalue weighted by Crippen LogP contribution is 2.28. The van der Waals surface area contributed by atoms with Gasteiger partial charge in [-0.1, -0.05) is 11.6 Å². The minimum Gasteiger partial charge on any atom is -0.342 e. The van der Waals surface area contributed by atoms with Gasteiger partial charge in [0.1, 0.15) is 17.2 Å². The number of rotatable bonds is 6. The number of carbonyl (C=O) groups excluding carboxylic acids is 2. The summed E-state index contributed by atoms with van der Waals surface area (Å²) in [7, 11) is 0. The molecule has 2 aromatic heterocycles. The molecule has 158 valence electrons. The largest absolute Gasteiger partial charge is 0.342 e. The maximum absolute atomic E-state index is 13.3. The van der Waals surface area contributed by atoms with Gasteiger partial charge in [-0.3, -0.25) is 19.0 Å². The average Bonchev–Trinajstić information content (AvgIpc) is 3.05. The summed E-state index contributed by atoms with van der Waals surface area (Å²) in [6.45, 7) is 6.38. The number of fused-ring (bicyclic) bond motifs is 1. The van der Waals surface area contributed by atoms with Crippen molar-refractivity contribution in [2.24, 2.45) is 0 Å². The van der Waals surface area contributed by atoms with Crippen molar-refractivity contribution in [1.29, 1.82) is 0 Å². The number of nitrogens with zero attached hydrogens (tertiary/aromatic N) is 3. The van der Waals surface area contributed by atoms with E-state index in [0.717, 1.165) is 17.4 Å². The molecular formula is C20H20ClFN4O3S. The predicted molar refractivity (Wildman–Crippen MR) is 116 cm³/mol. The molecule has 0 fully saturated rings. The number of aromatic nitrogens is 2.